The Bertz CT molecular complexity index is 1370. The first-order valence-corrected chi connectivity index (χ1v) is 12.4. The van der Waals surface area contributed by atoms with Gasteiger partial charge in [0.2, 0.25) is 0 Å². The zero-order valence-electron chi connectivity index (χ0n) is 19.3. The van der Waals surface area contributed by atoms with Crippen molar-refractivity contribution in [3.63, 3.8) is 0 Å². The molecule has 2 aromatic heterocycles. The molecule has 2 atom stereocenters. The molecule has 1 fully saturated rings. The summed E-state index contributed by atoms with van der Waals surface area (Å²) in [4.78, 5) is 37.8. The maximum atomic E-state index is 14.4. The zero-order valence-corrected chi connectivity index (χ0v) is 20.1. The fourth-order valence-electron chi connectivity index (χ4n) is 4.53. The van der Waals surface area contributed by atoms with E-state index in [-0.39, 0.29) is 30.9 Å². The Morgan fingerprint density at radius 2 is 1.89 bits per heavy atom. The van der Waals surface area contributed by atoms with Gasteiger partial charge in [0.15, 0.2) is 0 Å². The van der Waals surface area contributed by atoms with E-state index in [0.29, 0.717) is 29.6 Å². The van der Waals surface area contributed by atoms with Crippen LogP contribution in [0.1, 0.15) is 38.7 Å². The lowest BCUT2D eigenvalue weighted by molar-refractivity contribution is 0.0466. The summed E-state index contributed by atoms with van der Waals surface area (Å²) in [6.45, 7) is 2.07. The molecule has 0 saturated carbocycles. The van der Waals surface area contributed by atoms with Gasteiger partial charge in [-0.2, -0.15) is 0 Å². The van der Waals surface area contributed by atoms with Crippen LogP contribution in [-0.4, -0.2) is 52.0 Å². The molecular weight excluding hydrogens is 463 g/mol. The summed E-state index contributed by atoms with van der Waals surface area (Å²) in [5, 5.41) is 4.60. The minimum absolute atomic E-state index is 0.0139. The first-order valence-electron chi connectivity index (χ1n) is 11.6. The van der Waals surface area contributed by atoms with Gasteiger partial charge in [-0.1, -0.05) is 48.5 Å². The third kappa shape index (κ3) is 4.79. The Kier molecular flexibility index (Phi) is 6.55. The molecule has 6 nitrogen and oxygen atoms in total. The van der Waals surface area contributed by atoms with Gasteiger partial charge in [-0.3, -0.25) is 14.6 Å². The number of nitrogens with zero attached hydrogens (tertiary/aromatic N) is 3. The van der Waals surface area contributed by atoms with E-state index in [1.54, 1.807) is 12.3 Å². The van der Waals surface area contributed by atoms with Gasteiger partial charge in [0.05, 0.1) is 27.5 Å². The van der Waals surface area contributed by atoms with Crippen LogP contribution in [0.2, 0.25) is 0 Å². The molecule has 178 valence electrons. The predicted molar refractivity (Wildman–Crippen MR) is 135 cm³/mol. The number of alkyl halides is 1. The number of carbonyl (C=O) groups is 2. The van der Waals surface area contributed by atoms with Crippen molar-refractivity contribution in [2.45, 2.75) is 32.0 Å². The normalized spacial score (nSPS) is 17.9. The number of hydrogen-bond acceptors (Lipinski definition) is 5. The molecule has 3 heterocycles. The number of rotatable bonds is 5. The molecule has 1 aliphatic rings. The molecule has 2 amide bonds. The quantitative estimate of drug-likeness (QED) is 0.427. The topological polar surface area (TPSA) is 75.2 Å². The number of aromatic nitrogens is 2. The van der Waals surface area contributed by atoms with E-state index in [2.05, 4.69) is 15.3 Å². The maximum Gasteiger partial charge on any atom is 0.274 e. The number of carbonyl (C=O) groups excluding carboxylic acids is 2. The van der Waals surface area contributed by atoms with Crippen LogP contribution in [0.25, 0.3) is 21.3 Å². The standard InChI is InChI=1S/C27H25FN4O2S/c1-17-31-24(25(35-17)19-7-3-2-4-8-19)27(34)32-16-20(28)12-13-21(32)15-30-26(33)22-11-5-9-18-10-6-14-29-23(18)22/h2-11,14,20-21H,12-13,15-16H2,1H3,(H,30,33). The smallest absolute Gasteiger partial charge is 0.274 e. The van der Waals surface area contributed by atoms with Crippen molar-refractivity contribution in [1.82, 2.24) is 20.2 Å². The van der Waals surface area contributed by atoms with Gasteiger partial charge < -0.3 is 10.2 Å². The third-order valence-electron chi connectivity index (χ3n) is 6.26. The number of halogens is 1. The Morgan fingerprint density at radius 3 is 2.71 bits per heavy atom. The number of benzene rings is 2. The van der Waals surface area contributed by atoms with Crippen LogP contribution >= 0.6 is 11.3 Å². The second-order valence-corrected chi connectivity index (χ2v) is 9.86. The summed E-state index contributed by atoms with van der Waals surface area (Å²) < 4.78 is 14.4. The molecule has 2 unspecified atom stereocenters. The number of likely N-dealkylation sites (tertiary alicyclic amines) is 1. The minimum Gasteiger partial charge on any atom is -0.350 e. The van der Waals surface area contributed by atoms with Crippen molar-refractivity contribution < 1.29 is 14.0 Å². The minimum atomic E-state index is -1.10. The summed E-state index contributed by atoms with van der Waals surface area (Å²) in [6, 6.07) is 18.5. The summed E-state index contributed by atoms with van der Waals surface area (Å²) in [7, 11) is 0. The number of fused-ring (bicyclic) bond motifs is 1. The van der Waals surface area contributed by atoms with E-state index in [0.717, 1.165) is 20.8 Å². The molecular formula is C27H25FN4O2S. The third-order valence-corrected chi connectivity index (χ3v) is 7.28. The first kappa shape index (κ1) is 23.1. The van der Waals surface area contributed by atoms with Gasteiger partial charge in [-0.25, -0.2) is 9.37 Å². The van der Waals surface area contributed by atoms with E-state index < -0.39 is 6.17 Å². The highest BCUT2D eigenvalue weighted by Crippen LogP contribution is 2.32. The zero-order chi connectivity index (χ0) is 24.4. The summed E-state index contributed by atoms with van der Waals surface area (Å²) in [6.07, 6.45) is 1.36. The van der Waals surface area contributed by atoms with Crippen molar-refractivity contribution >= 4 is 34.1 Å². The van der Waals surface area contributed by atoms with Crippen LogP contribution < -0.4 is 5.32 Å². The van der Waals surface area contributed by atoms with Crippen molar-refractivity contribution in [2.24, 2.45) is 0 Å². The van der Waals surface area contributed by atoms with E-state index in [1.807, 2.05) is 61.5 Å². The summed E-state index contributed by atoms with van der Waals surface area (Å²) >= 11 is 1.45. The average molecular weight is 489 g/mol. The number of nitrogens with one attached hydrogen (secondary N) is 1. The van der Waals surface area contributed by atoms with Gasteiger partial charge in [0.1, 0.15) is 11.9 Å². The van der Waals surface area contributed by atoms with Crippen LogP contribution in [0.3, 0.4) is 0 Å². The molecule has 8 heteroatoms. The molecule has 35 heavy (non-hydrogen) atoms. The van der Waals surface area contributed by atoms with Gasteiger partial charge in [-0.15, -0.1) is 11.3 Å². The van der Waals surface area contributed by atoms with Crippen LogP contribution in [-0.2, 0) is 0 Å². The summed E-state index contributed by atoms with van der Waals surface area (Å²) in [5.41, 5.74) is 2.34. The van der Waals surface area contributed by atoms with Crippen molar-refractivity contribution in [1.29, 1.82) is 0 Å². The number of thiazole rings is 1. The van der Waals surface area contributed by atoms with Gasteiger partial charge in [0.25, 0.3) is 11.8 Å². The number of hydrogen-bond donors (Lipinski definition) is 1. The highest BCUT2D eigenvalue weighted by molar-refractivity contribution is 7.15. The van der Waals surface area contributed by atoms with Crippen molar-refractivity contribution in [3.05, 3.63) is 83.1 Å². The van der Waals surface area contributed by atoms with Crippen LogP contribution in [0.15, 0.2) is 66.9 Å². The van der Waals surface area contributed by atoms with Gasteiger partial charge in [0, 0.05) is 24.2 Å². The van der Waals surface area contributed by atoms with Crippen LogP contribution in [0.4, 0.5) is 4.39 Å². The Morgan fingerprint density at radius 1 is 1.09 bits per heavy atom. The van der Waals surface area contributed by atoms with Gasteiger partial charge >= 0.3 is 0 Å². The first-order chi connectivity index (χ1) is 17.0. The fourth-order valence-corrected chi connectivity index (χ4v) is 5.45. The lowest BCUT2D eigenvalue weighted by Gasteiger charge is -2.37. The molecule has 1 aliphatic heterocycles. The van der Waals surface area contributed by atoms with E-state index in [4.69, 9.17) is 0 Å². The molecule has 4 aromatic rings. The Labute approximate surface area is 206 Å². The number of pyridine rings is 1. The molecule has 0 bridgehead atoms. The molecule has 1 saturated heterocycles. The molecule has 5 rings (SSSR count). The molecule has 0 aliphatic carbocycles. The second kappa shape index (κ2) is 9.92. The largest absolute Gasteiger partial charge is 0.350 e. The monoisotopic (exact) mass is 488 g/mol. The molecule has 2 aromatic carbocycles. The van der Waals surface area contributed by atoms with Crippen LogP contribution in [0, 0.1) is 6.92 Å². The Hall–Kier alpha value is -3.65. The highest BCUT2D eigenvalue weighted by atomic mass is 32.1. The molecule has 0 radical (unpaired) electrons. The number of piperidine rings is 1. The van der Waals surface area contributed by atoms with Gasteiger partial charge in [-0.05, 0) is 37.5 Å². The van der Waals surface area contributed by atoms with E-state index in [9.17, 15) is 14.0 Å². The molecule has 0 spiro atoms. The van der Waals surface area contributed by atoms with E-state index in [1.165, 1.54) is 16.2 Å². The molecule has 1 N–H and O–H groups in total. The Balaban J connectivity index is 1.37. The lowest BCUT2D eigenvalue weighted by Crippen LogP contribution is -2.52. The average Bonchev–Trinajstić information content (AvgIpc) is 3.29. The SMILES string of the molecule is Cc1nc(C(=O)N2CC(F)CCC2CNC(=O)c2cccc3cccnc23)c(-c2ccccc2)s1. The summed E-state index contributed by atoms with van der Waals surface area (Å²) in [5.74, 6) is -0.569. The predicted octanol–water partition coefficient (Wildman–Crippen LogP) is 5.04. The number of para-hydroxylation sites is 1. The maximum absolute atomic E-state index is 14.4. The van der Waals surface area contributed by atoms with E-state index >= 15 is 0 Å². The lowest BCUT2D eigenvalue weighted by atomic mass is 9.99. The van der Waals surface area contributed by atoms with Crippen LogP contribution in [0.5, 0.6) is 0 Å². The van der Waals surface area contributed by atoms with Crippen molar-refractivity contribution in [2.75, 3.05) is 13.1 Å². The number of amides is 2. The highest BCUT2D eigenvalue weighted by Gasteiger charge is 2.35. The fraction of sp³-hybridized carbons (Fsp3) is 0.259. The van der Waals surface area contributed by atoms with Crippen molar-refractivity contribution in [3.8, 4) is 10.4 Å². The second-order valence-electron chi connectivity index (χ2n) is 8.65. The number of aryl methyl sites for hydroxylation is 1.